The Labute approximate surface area is 146 Å². The van der Waals surface area contributed by atoms with Gasteiger partial charge in [0.25, 0.3) is 0 Å². The van der Waals surface area contributed by atoms with E-state index in [0.29, 0.717) is 12.1 Å². The summed E-state index contributed by atoms with van der Waals surface area (Å²) < 4.78 is 17.7. The van der Waals surface area contributed by atoms with E-state index in [2.05, 4.69) is 5.32 Å². The molecule has 1 aliphatic carbocycles. The molecule has 0 heterocycles. The molecule has 0 bridgehead atoms. The number of hydrogen-bond acceptors (Lipinski definition) is 4. The molecule has 1 aromatic rings. The van der Waals surface area contributed by atoms with E-state index in [0.717, 1.165) is 25.7 Å². The highest BCUT2D eigenvalue weighted by molar-refractivity contribution is 5.97. The normalized spacial score (nSPS) is 19.9. The molecule has 2 unspecified atom stereocenters. The Bertz CT molecular complexity index is 614. The number of rotatable bonds is 7. The van der Waals surface area contributed by atoms with Crippen molar-refractivity contribution in [3.63, 3.8) is 0 Å². The number of benzene rings is 1. The monoisotopic (exact) mass is 349 g/mol. The van der Waals surface area contributed by atoms with Gasteiger partial charge in [0, 0.05) is 24.9 Å². The van der Waals surface area contributed by atoms with Gasteiger partial charge in [0.1, 0.15) is 5.82 Å². The molecule has 1 aromatic carbocycles. The number of Topliss-reactive ketones (excluding diaryl/α,β-unsaturated/α-hetero) is 1. The lowest BCUT2D eigenvalue weighted by molar-refractivity contribution is -0.148. The van der Waals surface area contributed by atoms with Crippen LogP contribution in [0.3, 0.4) is 0 Å². The van der Waals surface area contributed by atoms with Crippen molar-refractivity contribution in [3.8, 4) is 0 Å². The molecule has 5 nitrogen and oxygen atoms in total. The van der Waals surface area contributed by atoms with Gasteiger partial charge < -0.3 is 10.1 Å². The molecule has 1 amide bonds. The Hall–Kier alpha value is -2.24. The zero-order chi connectivity index (χ0) is 18.2. The zero-order valence-electron chi connectivity index (χ0n) is 14.4. The second kappa shape index (κ2) is 9.30. The Morgan fingerprint density at radius 1 is 1.12 bits per heavy atom. The van der Waals surface area contributed by atoms with E-state index in [-0.39, 0.29) is 42.3 Å². The highest BCUT2D eigenvalue weighted by atomic mass is 19.1. The number of carbonyl (C=O) groups is 3. The Balaban J connectivity index is 1.77. The largest absolute Gasteiger partial charge is 0.469 e. The Kier molecular flexibility index (Phi) is 7.10. The van der Waals surface area contributed by atoms with Crippen LogP contribution < -0.4 is 5.32 Å². The lowest BCUT2D eigenvalue weighted by Crippen LogP contribution is -2.37. The van der Waals surface area contributed by atoms with E-state index in [1.165, 1.54) is 31.4 Å². The van der Waals surface area contributed by atoms with E-state index in [9.17, 15) is 18.8 Å². The van der Waals surface area contributed by atoms with Crippen molar-refractivity contribution in [2.75, 3.05) is 13.7 Å². The van der Waals surface area contributed by atoms with Crippen LogP contribution in [0.4, 0.5) is 4.39 Å². The highest BCUT2D eigenvalue weighted by Gasteiger charge is 2.31. The topological polar surface area (TPSA) is 72.5 Å². The van der Waals surface area contributed by atoms with Crippen LogP contribution in [0, 0.1) is 17.7 Å². The number of halogens is 1. The quantitative estimate of drug-likeness (QED) is 0.607. The van der Waals surface area contributed by atoms with Crippen LogP contribution in [0.25, 0.3) is 0 Å². The summed E-state index contributed by atoms with van der Waals surface area (Å²) in [6.07, 6.45) is 3.85. The van der Waals surface area contributed by atoms with Crippen molar-refractivity contribution in [3.05, 3.63) is 35.6 Å². The van der Waals surface area contributed by atoms with Gasteiger partial charge in [-0.3, -0.25) is 14.4 Å². The molecule has 0 radical (unpaired) electrons. The third-order valence-corrected chi connectivity index (χ3v) is 4.72. The average Bonchev–Trinajstić information content (AvgIpc) is 2.64. The second-order valence-electron chi connectivity index (χ2n) is 6.41. The molecule has 0 spiro atoms. The van der Waals surface area contributed by atoms with Crippen molar-refractivity contribution < 1.29 is 23.5 Å². The number of nitrogens with one attached hydrogen (secondary N) is 1. The van der Waals surface area contributed by atoms with Crippen LogP contribution in [-0.4, -0.2) is 31.3 Å². The van der Waals surface area contributed by atoms with E-state index in [1.54, 1.807) is 0 Å². The third kappa shape index (κ3) is 5.66. The molecule has 6 heteroatoms. The zero-order valence-corrected chi connectivity index (χ0v) is 14.4. The van der Waals surface area contributed by atoms with Gasteiger partial charge in [-0.1, -0.05) is 12.8 Å². The van der Waals surface area contributed by atoms with Crippen LogP contribution >= 0.6 is 0 Å². The molecule has 0 aliphatic heterocycles. The summed E-state index contributed by atoms with van der Waals surface area (Å²) in [5.41, 5.74) is 0.396. The maximum Gasteiger partial charge on any atom is 0.309 e. The summed E-state index contributed by atoms with van der Waals surface area (Å²) in [5.74, 6) is -1.12. The number of methoxy groups -OCH3 is 1. The van der Waals surface area contributed by atoms with Crippen molar-refractivity contribution in [2.45, 2.75) is 38.5 Å². The molecule has 0 saturated heterocycles. The molecule has 1 fully saturated rings. The Morgan fingerprint density at radius 2 is 1.80 bits per heavy atom. The Morgan fingerprint density at radius 3 is 2.48 bits per heavy atom. The molecule has 1 saturated carbocycles. The van der Waals surface area contributed by atoms with Gasteiger partial charge >= 0.3 is 5.97 Å². The van der Waals surface area contributed by atoms with Crippen LogP contribution in [-0.2, 0) is 14.3 Å². The van der Waals surface area contributed by atoms with Gasteiger partial charge in [-0.2, -0.15) is 0 Å². The van der Waals surface area contributed by atoms with Gasteiger partial charge in [0.05, 0.1) is 13.0 Å². The first-order chi connectivity index (χ1) is 12.0. The van der Waals surface area contributed by atoms with Crippen LogP contribution in [0.15, 0.2) is 24.3 Å². The van der Waals surface area contributed by atoms with E-state index >= 15 is 0 Å². The highest BCUT2D eigenvalue weighted by Crippen LogP contribution is 2.30. The molecule has 1 N–H and O–H groups in total. The van der Waals surface area contributed by atoms with Gasteiger partial charge in [-0.15, -0.1) is 0 Å². The first-order valence-electron chi connectivity index (χ1n) is 8.64. The van der Waals surface area contributed by atoms with Gasteiger partial charge in [0.15, 0.2) is 5.78 Å². The van der Waals surface area contributed by atoms with Crippen molar-refractivity contribution >= 4 is 17.7 Å². The number of ether oxygens (including phenoxy) is 1. The molecule has 0 aromatic heterocycles. The standard InChI is InChI=1S/C19H24FNO4/c1-25-19(24)16-5-3-2-4-14(16)12-21-18(23)11-10-17(22)13-6-8-15(20)9-7-13/h6-9,14,16H,2-5,10-12H2,1H3,(H,21,23). The number of esters is 1. The SMILES string of the molecule is COC(=O)C1CCCCC1CNC(=O)CCC(=O)c1ccc(F)cc1. The molecular formula is C19H24FNO4. The van der Waals surface area contributed by atoms with E-state index < -0.39 is 5.82 Å². The maximum atomic E-state index is 12.8. The first-order valence-corrected chi connectivity index (χ1v) is 8.64. The minimum atomic E-state index is -0.401. The molecule has 136 valence electrons. The minimum absolute atomic E-state index is 0.0720. The summed E-state index contributed by atoms with van der Waals surface area (Å²) in [6.45, 7) is 0.420. The average molecular weight is 349 g/mol. The maximum absolute atomic E-state index is 12.8. The molecule has 2 atom stereocenters. The summed E-state index contributed by atoms with van der Waals surface area (Å²) in [7, 11) is 1.38. The van der Waals surface area contributed by atoms with Crippen LogP contribution in [0.1, 0.15) is 48.9 Å². The van der Waals surface area contributed by atoms with Crippen molar-refractivity contribution in [2.24, 2.45) is 11.8 Å². The number of ketones is 1. The number of carbonyl (C=O) groups excluding carboxylic acids is 3. The first kappa shape index (κ1) is 19.1. The third-order valence-electron chi connectivity index (χ3n) is 4.72. The summed E-state index contributed by atoms with van der Waals surface area (Å²) in [5, 5.41) is 2.82. The number of hydrogen-bond donors (Lipinski definition) is 1. The summed E-state index contributed by atoms with van der Waals surface area (Å²) in [6, 6.07) is 5.28. The van der Waals surface area contributed by atoms with E-state index in [4.69, 9.17) is 4.74 Å². The molecule has 25 heavy (non-hydrogen) atoms. The smallest absolute Gasteiger partial charge is 0.309 e. The predicted octanol–water partition coefficient (Wildman–Crippen LogP) is 2.88. The molecular weight excluding hydrogens is 325 g/mol. The minimum Gasteiger partial charge on any atom is -0.469 e. The molecule has 2 rings (SSSR count). The van der Waals surface area contributed by atoms with Crippen LogP contribution in [0.5, 0.6) is 0 Å². The van der Waals surface area contributed by atoms with Crippen LogP contribution in [0.2, 0.25) is 0 Å². The lowest BCUT2D eigenvalue weighted by Gasteiger charge is -2.29. The van der Waals surface area contributed by atoms with Gasteiger partial charge in [-0.05, 0) is 43.0 Å². The number of amides is 1. The van der Waals surface area contributed by atoms with Crippen molar-refractivity contribution in [1.82, 2.24) is 5.32 Å². The fraction of sp³-hybridized carbons (Fsp3) is 0.526. The van der Waals surface area contributed by atoms with Gasteiger partial charge in [0.2, 0.25) is 5.91 Å². The van der Waals surface area contributed by atoms with Crippen molar-refractivity contribution in [1.29, 1.82) is 0 Å². The fourth-order valence-corrected chi connectivity index (χ4v) is 3.25. The van der Waals surface area contributed by atoms with E-state index in [1.807, 2.05) is 0 Å². The second-order valence-corrected chi connectivity index (χ2v) is 6.41. The summed E-state index contributed by atoms with van der Waals surface area (Å²) >= 11 is 0. The predicted molar refractivity (Wildman–Crippen MR) is 90.4 cm³/mol. The van der Waals surface area contributed by atoms with Gasteiger partial charge in [-0.25, -0.2) is 4.39 Å². The summed E-state index contributed by atoms with van der Waals surface area (Å²) in [4.78, 5) is 35.8. The fourth-order valence-electron chi connectivity index (χ4n) is 3.25. The lowest BCUT2D eigenvalue weighted by atomic mass is 9.79. The molecule has 1 aliphatic rings.